The van der Waals surface area contributed by atoms with Crippen LogP contribution in [0.3, 0.4) is 0 Å². The summed E-state index contributed by atoms with van der Waals surface area (Å²) in [4.78, 5) is 8.94. The van der Waals surface area contributed by atoms with E-state index in [4.69, 9.17) is 4.74 Å². The van der Waals surface area contributed by atoms with Gasteiger partial charge in [-0.1, -0.05) is 0 Å². The van der Waals surface area contributed by atoms with E-state index in [0.717, 1.165) is 53.7 Å². The first kappa shape index (κ1) is 22.7. The van der Waals surface area contributed by atoms with E-state index in [0.29, 0.717) is 11.5 Å². The fourth-order valence-electron chi connectivity index (χ4n) is 5.08. The van der Waals surface area contributed by atoms with E-state index in [1.54, 1.807) is 10.7 Å². The summed E-state index contributed by atoms with van der Waals surface area (Å²) in [6.07, 6.45) is 5.73. The second-order valence-corrected chi connectivity index (χ2v) is 9.39. The number of fused-ring (bicyclic) bond motifs is 2. The van der Waals surface area contributed by atoms with Crippen molar-refractivity contribution in [1.29, 1.82) is 0 Å². The molecule has 1 atom stereocenters. The van der Waals surface area contributed by atoms with E-state index in [1.165, 1.54) is 13.0 Å². The first-order valence-corrected chi connectivity index (χ1v) is 11.9. The van der Waals surface area contributed by atoms with E-state index >= 15 is 0 Å². The zero-order valence-corrected chi connectivity index (χ0v) is 19.9. The summed E-state index contributed by atoms with van der Waals surface area (Å²) in [5.74, 6) is 0.991. The van der Waals surface area contributed by atoms with Gasteiger partial charge in [0.1, 0.15) is 11.3 Å². The van der Waals surface area contributed by atoms with Gasteiger partial charge in [-0.15, -0.1) is 5.10 Å². The lowest BCUT2D eigenvalue weighted by atomic mass is 9.93. The van der Waals surface area contributed by atoms with Crippen LogP contribution in [0.25, 0.3) is 27.7 Å². The average Bonchev–Trinajstić information content (AvgIpc) is 3.35. The van der Waals surface area contributed by atoms with Crippen LogP contribution in [0.2, 0.25) is 0 Å². The van der Waals surface area contributed by atoms with Crippen molar-refractivity contribution in [3.63, 3.8) is 0 Å². The Morgan fingerprint density at radius 1 is 1.12 bits per heavy atom. The van der Waals surface area contributed by atoms with Crippen LogP contribution in [0.4, 0.5) is 14.7 Å². The molecule has 3 aromatic heterocycles. The predicted molar refractivity (Wildman–Crippen MR) is 128 cm³/mol. The SMILES string of the molecule is Cc1nc2c(F)cc(-c3ccn4nc(NC5CCC(OC(C)F)CC5)ncc34)cc2n1C(C)C. The number of aryl methyl sites for hydroxylation is 1. The zero-order chi connectivity index (χ0) is 24.0. The Labute approximate surface area is 197 Å². The molecule has 9 heteroatoms. The molecule has 34 heavy (non-hydrogen) atoms. The summed E-state index contributed by atoms with van der Waals surface area (Å²) >= 11 is 0. The molecule has 0 saturated heterocycles. The molecular weight excluding hydrogens is 438 g/mol. The van der Waals surface area contributed by atoms with E-state index < -0.39 is 6.36 Å². The van der Waals surface area contributed by atoms with Crippen molar-refractivity contribution in [3.8, 4) is 11.1 Å². The molecule has 0 spiro atoms. The summed E-state index contributed by atoms with van der Waals surface area (Å²) in [6, 6.07) is 5.83. The highest BCUT2D eigenvalue weighted by Gasteiger charge is 2.24. The Morgan fingerprint density at radius 2 is 1.88 bits per heavy atom. The van der Waals surface area contributed by atoms with Crippen molar-refractivity contribution in [2.24, 2.45) is 0 Å². The van der Waals surface area contributed by atoms with Gasteiger partial charge in [0.05, 0.1) is 23.3 Å². The van der Waals surface area contributed by atoms with Crippen molar-refractivity contribution in [1.82, 2.24) is 24.1 Å². The summed E-state index contributed by atoms with van der Waals surface area (Å²) < 4.78 is 37.1. The molecule has 180 valence electrons. The van der Waals surface area contributed by atoms with E-state index in [1.807, 2.05) is 29.8 Å². The predicted octanol–water partition coefficient (Wildman–Crippen LogP) is 5.83. The van der Waals surface area contributed by atoms with Crippen molar-refractivity contribution in [3.05, 3.63) is 42.2 Å². The molecule has 0 aliphatic heterocycles. The van der Waals surface area contributed by atoms with Gasteiger partial charge in [-0.25, -0.2) is 23.3 Å². The molecule has 1 unspecified atom stereocenters. The quantitative estimate of drug-likeness (QED) is 0.386. The smallest absolute Gasteiger partial charge is 0.241 e. The molecule has 1 saturated carbocycles. The average molecular weight is 469 g/mol. The molecule has 3 heterocycles. The Kier molecular flexibility index (Phi) is 5.97. The lowest BCUT2D eigenvalue weighted by Crippen LogP contribution is -2.31. The van der Waals surface area contributed by atoms with Crippen LogP contribution in [-0.2, 0) is 4.74 Å². The number of ether oxygens (including phenoxy) is 1. The minimum Gasteiger partial charge on any atom is -0.350 e. The Bertz CT molecular complexity index is 1320. The molecule has 1 aliphatic rings. The highest BCUT2D eigenvalue weighted by Crippen LogP contribution is 2.32. The van der Waals surface area contributed by atoms with Crippen LogP contribution in [0, 0.1) is 12.7 Å². The molecule has 1 aromatic carbocycles. The van der Waals surface area contributed by atoms with Crippen LogP contribution >= 0.6 is 0 Å². The van der Waals surface area contributed by atoms with Gasteiger partial charge in [-0.05, 0) is 77.1 Å². The van der Waals surface area contributed by atoms with Gasteiger partial charge in [0.2, 0.25) is 5.95 Å². The number of anilines is 1. The standard InChI is InChI=1S/C25H30F2N6O/c1-14(2)33-16(4)29-24-21(27)11-17(12-22(24)33)20-9-10-32-23(20)13-28-25(31-32)30-18-5-7-19(8-6-18)34-15(3)26/h9-15,18-19H,5-8H2,1-4H3,(H,30,31). The summed E-state index contributed by atoms with van der Waals surface area (Å²) in [7, 11) is 0. The Hall–Kier alpha value is -3.07. The van der Waals surface area contributed by atoms with Gasteiger partial charge in [-0.3, -0.25) is 0 Å². The number of imidazole rings is 1. The molecule has 1 N–H and O–H groups in total. The molecule has 0 bridgehead atoms. The number of nitrogens with zero attached hydrogens (tertiary/aromatic N) is 5. The van der Waals surface area contributed by atoms with Crippen LogP contribution in [0.5, 0.6) is 0 Å². The zero-order valence-electron chi connectivity index (χ0n) is 19.9. The number of nitrogens with one attached hydrogen (secondary N) is 1. The molecule has 7 nitrogen and oxygen atoms in total. The third-order valence-corrected chi connectivity index (χ3v) is 6.56. The van der Waals surface area contributed by atoms with Crippen LogP contribution in [0.15, 0.2) is 30.6 Å². The van der Waals surface area contributed by atoms with Gasteiger partial charge in [0.15, 0.2) is 12.2 Å². The summed E-state index contributed by atoms with van der Waals surface area (Å²) in [5, 5.41) is 8.00. The van der Waals surface area contributed by atoms with Crippen LogP contribution in [-0.4, -0.2) is 42.7 Å². The van der Waals surface area contributed by atoms with E-state index in [2.05, 4.69) is 34.2 Å². The van der Waals surface area contributed by atoms with Crippen molar-refractivity contribution in [2.45, 2.75) is 77.9 Å². The molecule has 0 amide bonds. The number of rotatable bonds is 6. The number of aromatic nitrogens is 5. The fourth-order valence-corrected chi connectivity index (χ4v) is 5.08. The third-order valence-electron chi connectivity index (χ3n) is 6.56. The topological polar surface area (TPSA) is 69.3 Å². The minimum atomic E-state index is -1.23. The highest BCUT2D eigenvalue weighted by molar-refractivity contribution is 5.88. The fraction of sp³-hybridized carbons (Fsp3) is 0.480. The maximum absolute atomic E-state index is 15.0. The van der Waals surface area contributed by atoms with Gasteiger partial charge >= 0.3 is 0 Å². The van der Waals surface area contributed by atoms with Crippen molar-refractivity contribution >= 4 is 22.5 Å². The van der Waals surface area contributed by atoms with Crippen LogP contribution < -0.4 is 5.32 Å². The van der Waals surface area contributed by atoms with Gasteiger partial charge in [0, 0.05) is 23.8 Å². The van der Waals surface area contributed by atoms with E-state index in [9.17, 15) is 8.78 Å². The number of halogens is 2. The monoisotopic (exact) mass is 468 g/mol. The van der Waals surface area contributed by atoms with Gasteiger partial charge in [-0.2, -0.15) is 0 Å². The summed E-state index contributed by atoms with van der Waals surface area (Å²) in [6.45, 7) is 7.45. The maximum atomic E-state index is 15.0. The first-order chi connectivity index (χ1) is 16.3. The number of benzene rings is 1. The minimum absolute atomic E-state index is 0.0259. The van der Waals surface area contributed by atoms with Crippen molar-refractivity contribution in [2.75, 3.05) is 5.32 Å². The van der Waals surface area contributed by atoms with Crippen LogP contribution in [0.1, 0.15) is 58.3 Å². The van der Waals surface area contributed by atoms with Crippen molar-refractivity contribution < 1.29 is 13.5 Å². The Balaban J connectivity index is 1.39. The summed E-state index contributed by atoms with van der Waals surface area (Å²) in [5.41, 5.74) is 3.59. The molecule has 1 aliphatic carbocycles. The van der Waals surface area contributed by atoms with Gasteiger partial charge in [0.25, 0.3) is 0 Å². The lowest BCUT2D eigenvalue weighted by Gasteiger charge is -2.29. The Morgan fingerprint density at radius 3 is 2.59 bits per heavy atom. The third kappa shape index (κ3) is 4.24. The molecule has 5 rings (SSSR count). The molecule has 4 aromatic rings. The number of alkyl halides is 1. The van der Waals surface area contributed by atoms with E-state index in [-0.39, 0.29) is 24.0 Å². The lowest BCUT2D eigenvalue weighted by molar-refractivity contribution is -0.0862. The second kappa shape index (κ2) is 8.94. The van der Waals surface area contributed by atoms with Gasteiger partial charge < -0.3 is 14.6 Å². The highest BCUT2D eigenvalue weighted by atomic mass is 19.1. The normalized spacial score (nSPS) is 19.9. The largest absolute Gasteiger partial charge is 0.350 e. The first-order valence-electron chi connectivity index (χ1n) is 11.9. The molecule has 1 fully saturated rings. The number of hydrogen-bond donors (Lipinski definition) is 1. The molecule has 0 radical (unpaired) electrons. The second-order valence-electron chi connectivity index (χ2n) is 9.39. The molecular formula is C25H30F2N6O. The maximum Gasteiger partial charge on any atom is 0.241 e. The number of hydrogen-bond acceptors (Lipinski definition) is 5.